The molecule has 0 aliphatic heterocycles. The van der Waals surface area contributed by atoms with Crippen molar-refractivity contribution in [2.75, 3.05) is 6.54 Å². The van der Waals surface area contributed by atoms with E-state index >= 15 is 0 Å². The van der Waals surface area contributed by atoms with Crippen molar-refractivity contribution in [2.45, 2.75) is 6.54 Å². The summed E-state index contributed by atoms with van der Waals surface area (Å²) in [4.78, 5) is 12.9. The van der Waals surface area contributed by atoms with Gasteiger partial charge in [-0.1, -0.05) is 84.4 Å². The van der Waals surface area contributed by atoms with Crippen LogP contribution in [0.4, 0.5) is 0 Å². The first-order valence-electron chi connectivity index (χ1n) is 8.53. The molecular formula is C23H20ClNO. The Morgan fingerprint density at radius 1 is 0.885 bits per heavy atom. The number of nitrogens with one attached hydrogen (secondary N) is 1. The molecule has 0 saturated heterocycles. The van der Waals surface area contributed by atoms with E-state index in [1.165, 1.54) is 5.56 Å². The predicted molar refractivity (Wildman–Crippen MR) is 108 cm³/mol. The van der Waals surface area contributed by atoms with Gasteiger partial charge in [0.05, 0.1) is 0 Å². The van der Waals surface area contributed by atoms with Crippen LogP contribution >= 0.6 is 11.6 Å². The Hall–Kier alpha value is -2.68. The van der Waals surface area contributed by atoms with Gasteiger partial charge in [0.2, 0.25) is 0 Å². The Morgan fingerprint density at radius 3 is 2.27 bits per heavy atom. The molecule has 3 rings (SSSR count). The fraction of sp³-hybridized carbons (Fsp3) is 0.0870. The maximum Gasteiger partial charge on any atom is 0.190 e. The van der Waals surface area contributed by atoms with Crippen LogP contribution in [0.5, 0.6) is 0 Å². The average Bonchev–Trinajstić information content (AvgIpc) is 2.68. The van der Waals surface area contributed by atoms with Crippen molar-refractivity contribution in [1.29, 1.82) is 0 Å². The van der Waals surface area contributed by atoms with Crippen molar-refractivity contribution >= 4 is 23.5 Å². The molecule has 0 atom stereocenters. The molecule has 0 radical (unpaired) electrons. The summed E-state index contributed by atoms with van der Waals surface area (Å²) in [5.41, 5.74) is 3.48. The van der Waals surface area contributed by atoms with Gasteiger partial charge in [0.1, 0.15) is 0 Å². The van der Waals surface area contributed by atoms with Crippen LogP contribution in [0, 0.1) is 0 Å². The minimum absolute atomic E-state index is 0.0196. The van der Waals surface area contributed by atoms with Crippen LogP contribution in [-0.2, 0) is 6.54 Å². The second-order valence-electron chi connectivity index (χ2n) is 6.01. The third-order valence-electron chi connectivity index (χ3n) is 4.00. The van der Waals surface area contributed by atoms with Crippen molar-refractivity contribution in [3.05, 3.63) is 112 Å². The van der Waals surface area contributed by atoms with Gasteiger partial charge in [0.15, 0.2) is 5.78 Å². The molecule has 0 unspecified atom stereocenters. The molecule has 130 valence electrons. The number of benzene rings is 3. The minimum atomic E-state index is 0.0196. The smallest absolute Gasteiger partial charge is 0.190 e. The molecule has 3 aromatic carbocycles. The van der Waals surface area contributed by atoms with Crippen LogP contribution in [0.25, 0.3) is 6.08 Å². The van der Waals surface area contributed by atoms with Gasteiger partial charge < -0.3 is 5.32 Å². The van der Waals surface area contributed by atoms with Crippen molar-refractivity contribution in [1.82, 2.24) is 5.32 Å². The van der Waals surface area contributed by atoms with E-state index in [1.54, 1.807) is 0 Å². The molecule has 3 heteroatoms. The highest BCUT2D eigenvalue weighted by atomic mass is 35.5. The summed E-state index contributed by atoms with van der Waals surface area (Å²) in [5, 5.41) is 4.02. The van der Waals surface area contributed by atoms with Gasteiger partial charge in [-0.05, 0) is 29.3 Å². The summed E-state index contributed by atoms with van der Waals surface area (Å²) in [7, 11) is 0. The van der Waals surface area contributed by atoms with E-state index in [1.807, 2.05) is 78.9 Å². The summed E-state index contributed by atoms with van der Waals surface area (Å²) >= 11 is 6.08. The fourth-order valence-electron chi connectivity index (χ4n) is 2.71. The van der Waals surface area contributed by atoms with E-state index in [-0.39, 0.29) is 5.78 Å². The third kappa shape index (κ3) is 5.16. The van der Waals surface area contributed by atoms with Crippen molar-refractivity contribution in [3.63, 3.8) is 0 Å². The van der Waals surface area contributed by atoms with Gasteiger partial charge in [0.25, 0.3) is 0 Å². The molecule has 0 bridgehead atoms. The summed E-state index contributed by atoms with van der Waals surface area (Å²) in [5.74, 6) is 0.0196. The van der Waals surface area contributed by atoms with Crippen LogP contribution < -0.4 is 5.32 Å². The third-order valence-corrected chi connectivity index (χ3v) is 4.24. The van der Waals surface area contributed by atoms with Gasteiger partial charge in [-0.3, -0.25) is 4.79 Å². The van der Waals surface area contributed by atoms with Gasteiger partial charge in [-0.25, -0.2) is 0 Å². The first-order valence-corrected chi connectivity index (χ1v) is 8.91. The standard InChI is InChI=1S/C23H20ClNO/c24-22-13-7-10-19(15-22)14-21(23(26)20-11-5-2-6-12-20)17-25-16-18-8-3-1-4-9-18/h1-15,25H,16-17H2/b21-14+. The molecule has 0 fully saturated rings. The highest BCUT2D eigenvalue weighted by molar-refractivity contribution is 6.30. The summed E-state index contributed by atoms with van der Waals surface area (Å²) in [6, 6.07) is 27.0. The maximum absolute atomic E-state index is 12.9. The van der Waals surface area contributed by atoms with Crippen molar-refractivity contribution in [2.24, 2.45) is 0 Å². The number of rotatable bonds is 7. The summed E-state index contributed by atoms with van der Waals surface area (Å²) in [6.45, 7) is 1.19. The fourth-order valence-corrected chi connectivity index (χ4v) is 2.91. The Balaban J connectivity index is 1.80. The highest BCUT2D eigenvalue weighted by Gasteiger charge is 2.12. The predicted octanol–water partition coefficient (Wildman–Crippen LogP) is 5.40. The van der Waals surface area contributed by atoms with Crippen LogP contribution in [-0.4, -0.2) is 12.3 Å². The lowest BCUT2D eigenvalue weighted by Crippen LogP contribution is -2.21. The van der Waals surface area contributed by atoms with Crippen LogP contribution in [0.2, 0.25) is 5.02 Å². The molecule has 0 aliphatic rings. The zero-order chi connectivity index (χ0) is 18.2. The Bertz CT molecular complexity index is 888. The minimum Gasteiger partial charge on any atom is -0.308 e. The number of halogens is 1. The Labute approximate surface area is 159 Å². The van der Waals surface area contributed by atoms with Crippen LogP contribution in [0.3, 0.4) is 0 Å². The number of hydrogen-bond donors (Lipinski definition) is 1. The number of Topliss-reactive ketones (excluding diaryl/α,β-unsaturated/α-hetero) is 1. The summed E-state index contributed by atoms with van der Waals surface area (Å²) in [6.07, 6.45) is 1.90. The lowest BCUT2D eigenvalue weighted by molar-refractivity contribution is 0.103. The first kappa shape index (κ1) is 18.1. The molecule has 0 spiro atoms. The van der Waals surface area contributed by atoms with E-state index in [0.717, 1.165) is 5.56 Å². The molecule has 0 saturated carbocycles. The van der Waals surface area contributed by atoms with E-state index < -0.39 is 0 Å². The van der Waals surface area contributed by atoms with E-state index in [0.29, 0.717) is 29.2 Å². The lowest BCUT2D eigenvalue weighted by atomic mass is 10.0. The van der Waals surface area contributed by atoms with E-state index in [9.17, 15) is 4.79 Å². The molecule has 0 aliphatic carbocycles. The zero-order valence-electron chi connectivity index (χ0n) is 14.4. The van der Waals surface area contributed by atoms with Crippen LogP contribution in [0.1, 0.15) is 21.5 Å². The number of hydrogen-bond acceptors (Lipinski definition) is 2. The molecule has 2 nitrogen and oxygen atoms in total. The molecule has 0 heterocycles. The molecular weight excluding hydrogens is 342 g/mol. The van der Waals surface area contributed by atoms with Gasteiger partial charge in [0, 0.05) is 29.2 Å². The van der Waals surface area contributed by atoms with E-state index in [4.69, 9.17) is 11.6 Å². The van der Waals surface area contributed by atoms with Gasteiger partial charge in [-0.15, -0.1) is 0 Å². The second kappa shape index (κ2) is 9.14. The highest BCUT2D eigenvalue weighted by Crippen LogP contribution is 2.16. The SMILES string of the molecule is O=C(/C(=C/c1cccc(Cl)c1)CNCc1ccccc1)c1ccccc1. The molecule has 1 N–H and O–H groups in total. The molecule has 26 heavy (non-hydrogen) atoms. The first-order chi connectivity index (χ1) is 12.7. The number of ketones is 1. The normalized spacial score (nSPS) is 11.3. The number of carbonyl (C=O) groups is 1. The Kier molecular flexibility index (Phi) is 6.37. The van der Waals surface area contributed by atoms with Crippen molar-refractivity contribution in [3.8, 4) is 0 Å². The quantitative estimate of drug-likeness (QED) is 0.451. The molecule has 0 aromatic heterocycles. The topological polar surface area (TPSA) is 29.1 Å². The Morgan fingerprint density at radius 2 is 1.58 bits per heavy atom. The zero-order valence-corrected chi connectivity index (χ0v) is 15.1. The van der Waals surface area contributed by atoms with E-state index in [2.05, 4.69) is 17.4 Å². The summed E-state index contributed by atoms with van der Waals surface area (Å²) < 4.78 is 0. The van der Waals surface area contributed by atoms with Crippen LogP contribution in [0.15, 0.2) is 90.5 Å². The monoisotopic (exact) mass is 361 g/mol. The van der Waals surface area contributed by atoms with Gasteiger partial charge in [-0.2, -0.15) is 0 Å². The van der Waals surface area contributed by atoms with Crippen molar-refractivity contribution < 1.29 is 4.79 Å². The lowest BCUT2D eigenvalue weighted by Gasteiger charge is -2.10. The molecule has 3 aromatic rings. The second-order valence-corrected chi connectivity index (χ2v) is 6.45. The number of carbonyl (C=O) groups excluding carboxylic acids is 1. The average molecular weight is 362 g/mol. The largest absolute Gasteiger partial charge is 0.308 e. The van der Waals surface area contributed by atoms with Gasteiger partial charge >= 0.3 is 0 Å². The maximum atomic E-state index is 12.9. The molecule has 0 amide bonds.